The van der Waals surface area contributed by atoms with Crippen molar-refractivity contribution in [1.29, 1.82) is 0 Å². The number of ether oxygens (including phenoxy) is 11. The molecule has 5 aliphatic heterocycles. The molecule has 0 spiro atoms. The molecule has 7 saturated carbocycles. The quantitative estimate of drug-likeness (QED) is 0.00936. The number of hydrogen-bond donors (Lipinski definition) is 5. The molecule has 7 aromatic rings. The van der Waals surface area contributed by atoms with Gasteiger partial charge in [-0.05, 0) is 243 Å². The molecule has 21 atom stereocenters. The van der Waals surface area contributed by atoms with Crippen LogP contribution in [0.25, 0.3) is 93.8 Å². The minimum absolute atomic E-state index is 0.00691. The van der Waals surface area contributed by atoms with Crippen LogP contribution in [0.5, 0.6) is 0 Å². The number of thiazole rings is 2. The van der Waals surface area contributed by atoms with E-state index in [2.05, 4.69) is 119 Å². The van der Waals surface area contributed by atoms with E-state index in [0.717, 1.165) is 110 Å². The number of carbonyl (C=O) groups excluding carboxylic acids is 1. The Labute approximate surface area is 877 Å². The fourth-order valence-electron chi connectivity index (χ4n) is 21.9. The number of anilines is 3. The smallest absolute Gasteiger partial charge is 0.407 e. The van der Waals surface area contributed by atoms with Crippen molar-refractivity contribution in [2.24, 2.45) is 60.9 Å². The number of nitrogens with two attached hydrogens (primary N) is 1. The normalized spacial score (nSPS) is 29.5. The van der Waals surface area contributed by atoms with Gasteiger partial charge in [-0.3, -0.25) is 14.2 Å². The summed E-state index contributed by atoms with van der Waals surface area (Å²) in [4.78, 5) is 74.8. The Bertz CT molecular complexity index is 6300. The lowest BCUT2D eigenvalue weighted by atomic mass is 9.85. The molecule has 0 radical (unpaired) electrons. The molecule has 145 heavy (non-hydrogen) atoms. The minimum Gasteiger partial charge on any atom is -0.444 e. The number of nitrogens with zero attached hydrogens (tertiary/aromatic N) is 25. The molecule has 7 aromatic heterocycles. The standard InChI is InChI=1S/C26H32N8O3S2.C26H32N8O2S2.C17H25IN6O2S.C16H28N4O4.C11H20N4O2/c1-12-17(23-31-19-16(38-23)9-10-28-18(19)13-7-8-13)22(32-24(29-12)39(6)35)30-15-11-14(25(2,3)33-34-27)20-21(15)37-26(4,5)36-20;1-12-17(23-31-19-16(38-23)9-10-28-18(19)13-7-8-13)22(32-24(29-12)37-6)30-15-11-14(25(2,3)33-34-27)20-21(15)36-26(4,5)35-20;1-8-11(18)14(22-15(20-8)27-6)21-10-7-9(16(2,3)23-24-19)12-13(10)26-17(4,5)25-12;1-14(2,3)24-13(21)18-10-8-9(15(4,5)19-20-17)11-12(10)23-16(6,7)22-11;1-10(2,14-15-13)6-5-7(12)9-8(6)16-11(3,4)17-9/h9-10,13-15,20-21H,7-8,11H2,1-6H3,(H,29,30,32);9-10,13-15,20-21H,7-8,11H2,1-6H3,(H,29,30,32);9-10,12-13H,7H2,1-6H3,(H,20,21,22);9-12H,8H2,1-7H3,(H,18,21);6-9H,5,12H2,1-4H3/t14-,15+,20+,21-,39?;14-,15+,20+,21-;9-,10+,12+,13-;9-,10+,11+,12-;6-,7+,8+,9-/m00000/s1. The van der Waals surface area contributed by atoms with Crippen LogP contribution in [0.1, 0.15) is 257 Å². The summed E-state index contributed by atoms with van der Waals surface area (Å²) in [6.07, 6.45) is 14.9. The van der Waals surface area contributed by atoms with Gasteiger partial charge in [-0.2, -0.15) is 0 Å². The molecule has 43 nitrogen and oxygen atoms in total. The van der Waals surface area contributed by atoms with Gasteiger partial charge >= 0.3 is 6.09 Å². The predicted octanol–water partition coefficient (Wildman–Crippen LogP) is 21.9. The molecular weight excluding hydrogens is 2070 g/mol. The first-order valence-corrected chi connectivity index (χ1v) is 55.9. The lowest BCUT2D eigenvalue weighted by Crippen LogP contribution is -2.45. The molecule has 0 bridgehead atoms. The van der Waals surface area contributed by atoms with E-state index >= 15 is 0 Å². The first-order chi connectivity index (χ1) is 67.8. The molecule has 49 heteroatoms. The fourth-order valence-corrected chi connectivity index (χ4v) is 25.8. The minimum atomic E-state index is -1.38. The second kappa shape index (κ2) is 42.1. The van der Waals surface area contributed by atoms with E-state index in [1.807, 2.05) is 217 Å². The number of thioether (sulfide) groups is 2. The average Bonchev–Trinajstić information content (AvgIpc) is 1.59. The van der Waals surface area contributed by atoms with Crippen molar-refractivity contribution in [2.75, 3.05) is 34.7 Å². The summed E-state index contributed by atoms with van der Waals surface area (Å²) in [5.41, 5.74) is 55.6. The number of carbonyl (C=O) groups is 1. The zero-order chi connectivity index (χ0) is 106. The Morgan fingerprint density at radius 2 is 0.752 bits per heavy atom. The molecule has 7 aliphatic carbocycles. The zero-order valence-electron chi connectivity index (χ0n) is 87.9. The van der Waals surface area contributed by atoms with Crippen molar-refractivity contribution in [3.63, 3.8) is 0 Å². The third kappa shape index (κ3) is 24.5. The number of aromatic nitrogens is 10. The van der Waals surface area contributed by atoms with Crippen LogP contribution in [0.2, 0.25) is 0 Å². The van der Waals surface area contributed by atoms with Crippen molar-refractivity contribution >= 4 is 124 Å². The van der Waals surface area contributed by atoms with Crippen LogP contribution < -0.4 is 27.0 Å². The molecule has 786 valence electrons. The number of fused-ring (bicyclic) bond motifs is 7. The van der Waals surface area contributed by atoms with Gasteiger partial charge < -0.3 is 79.1 Å². The van der Waals surface area contributed by atoms with Gasteiger partial charge in [-0.1, -0.05) is 118 Å². The maximum Gasteiger partial charge on any atom is 0.407 e. The molecule has 6 N–H and O–H groups in total. The third-order valence-corrected chi connectivity index (χ3v) is 34.0. The second-order valence-corrected chi connectivity index (χ2v) is 51.3. The number of azide groups is 5. The Balaban J connectivity index is 0.000000140. The number of nitrogens with one attached hydrogen (secondary N) is 4. The van der Waals surface area contributed by atoms with E-state index in [1.165, 1.54) is 36.4 Å². The first kappa shape index (κ1) is 111. The van der Waals surface area contributed by atoms with Crippen molar-refractivity contribution in [3.05, 3.63) is 109 Å². The molecule has 12 fully saturated rings. The Kier molecular flexibility index (Phi) is 32.2. The van der Waals surface area contributed by atoms with E-state index in [4.69, 9.17) is 99.4 Å². The van der Waals surface area contributed by atoms with Gasteiger partial charge in [0, 0.05) is 118 Å². The van der Waals surface area contributed by atoms with Crippen molar-refractivity contribution in [3.8, 4) is 21.1 Å². The summed E-state index contributed by atoms with van der Waals surface area (Å²) in [5, 5.41) is 37.2. The van der Waals surface area contributed by atoms with Crippen molar-refractivity contribution in [2.45, 2.75) is 419 Å². The Morgan fingerprint density at radius 1 is 0.448 bits per heavy atom. The molecular formula is C96H137IN30O13S5. The highest BCUT2D eigenvalue weighted by Crippen LogP contribution is 2.56. The van der Waals surface area contributed by atoms with E-state index in [0.29, 0.717) is 47.8 Å². The summed E-state index contributed by atoms with van der Waals surface area (Å²) in [6, 6.07) is 3.44. The lowest BCUT2D eigenvalue weighted by Gasteiger charge is -2.31. The van der Waals surface area contributed by atoms with Gasteiger partial charge in [0.1, 0.15) is 74.6 Å². The van der Waals surface area contributed by atoms with Crippen LogP contribution in [0.3, 0.4) is 0 Å². The van der Waals surface area contributed by atoms with Crippen LogP contribution in [-0.2, 0) is 62.9 Å². The molecule has 1 amide bonds. The zero-order valence-corrected chi connectivity index (χ0v) is 94.1. The number of amides is 1. The molecule has 0 aromatic carbocycles. The van der Waals surface area contributed by atoms with Gasteiger partial charge in [0.25, 0.3) is 0 Å². The van der Waals surface area contributed by atoms with Gasteiger partial charge in [0.2, 0.25) is 5.16 Å². The van der Waals surface area contributed by atoms with Gasteiger partial charge in [-0.25, -0.2) is 44.7 Å². The first-order valence-electron chi connectivity index (χ1n) is 49.1. The third-order valence-electron chi connectivity index (χ3n) is 28.9. The predicted molar refractivity (Wildman–Crippen MR) is 565 cm³/mol. The summed E-state index contributed by atoms with van der Waals surface area (Å²) < 4.78 is 82.6. The number of pyridine rings is 2. The largest absolute Gasteiger partial charge is 0.444 e. The van der Waals surface area contributed by atoms with Crippen LogP contribution in [-0.4, -0.2) is 232 Å². The monoisotopic (exact) mass is 2200 g/mol. The second-order valence-electron chi connectivity index (χ2n) is 45.3. The van der Waals surface area contributed by atoms with Crippen LogP contribution in [0, 0.1) is 53.9 Å². The maximum absolute atomic E-state index is 12.5. The number of rotatable bonds is 24. The Hall–Kier alpha value is -8.32. The van der Waals surface area contributed by atoms with Gasteiger partial charge in [0.15, 0.2) is 39.2 Å². The number of halogens is 1. The fraction of sp³-hybridized carbons (Fsp3) is 0.740. The molecule has 12 aliphatic rings. The summed E-state index contributed by atoms with van der Waals surface area (Å²) >= 11 is 8.53. The van der Waals surface area contributed by atoms with Gasteiger partial charge in [0.05, 0.1) is 118 Å². The molecule has 1 unspecified atom stereocenters. The number of alkyl carbamates (subject to hydrolysis) is 1. The van der Waals surface area contributed by atoms with Crippen LogP contribution >= 0.6 is 68.8 Å². The number of aryl methyl sites for hydroxylation is 3. The highest BCUT2D eigenvalue weighted by Gasteiger charge is 2.64. The Morgan fingerprint density at radius 3 is 1.10 bits per heavy atom. The SMILES string of the molecule is CC(C)(C)OC(=O)N[C@@H]1C[C@H](C(C)(C)N=[N+]=[N-])[C@H]2OC(C)(C)O[C@H]21.CC1(C)O[C@@H]2[C@H](O1)[C@@H](C(C)(C)N=[N+]=[N-])C[C@H]2N.CSc1nc(C)c(-c2nc3c(C4CC4)nccc3s2)c(N[C@@H]2C[C@H](C(C)(C)N=[N+]=[N-])[C@H]3OC(C)(C)O[C@H]32)n1.CSc1nc(C)c(I)c(N[C@@H]2C[C@H](C(C)(C)N=[N+]=[N-])[C@H]3OC(C)(C)O[C@H]32)n1.Cc1nc(S(C)=O)nc(N[C@@H]2C[C@H](C(C)(C)N=[N+]=[N-])[C@H]3OC(C)(C)O[C@H]32)c1-c1nc2c(C3CC3)nccc2s1. The van der Waals surface area contributed by atoms with E-state index in [-0.39, 0.29) is 126 Å². The van der Waals surface area contributed by atoms with E-state index in [9.17, 15) is 20.1 Å². The molecule has 5 saturated heterocycles. The summed E-state index contributed by atoms with van der Waals surface area (Å²) in [7, 11) is -1.38. The van der Waals surface area contributed by atoms with Crippen molar-refractivity contribution in [1.82, 2.24) is 55.2 Å². The molecule has 12 heterocycles. The van der Waals surface area contributed by atoms with Crippen molar-refractivity contribution < 1.29 is 61.1 Å². The highest BCUT2D eigenvalue weighted by molar-refractivity contribution is 14.1. The summed E-state index contributed by atoms with van der Waals surface area (Å²) in [6.45, 7) is 49.5. The topological polar surface area (TPSA) is 583 Å². The van der Waals surface area contributed by atoms with Crippen LogP contribution in [0.15, 0.2) is 65.6 Å². The summed E-state index contributed by atoms with van der Waals surface area (Å²) in [5.74, 6) is -0.462. The van der Waals surface area contributed by atoms with E-state index < -0.39 is 79.1 Å². The maximum atomic E-state index is 12.5. The van der Waals surface area contributed by atoms with Gasteiger partial charge in [-0.15, -0.1) is 22.7 Å². The average molecular weight is 2210 g/mol. The van der Waals surface area contributed by atoms with Crippen LogP contribution in [0.4, 0.5) is 22.2 Å². The van der Waals surface area contributed by atoms with E-state index in [1.54, 1.807) is 28.9 Å². The highest BCUT2D eigenvalue weighted by atomic mass is 127. The lowest BCUT2D eigenvalue weighted by molar-refractivity contribution is -0.161. The molecule has 19 rings (SSSR count). The number of hydrogen-bond acceptors (Lipinski definition) is 36.